The molecule has 1 aliphatic carbocycles. The molecule has 0 aromatic carbocycles. The summed E-state index contributed by atoms with van der Waals surface area (Å²) >= 11 is 1.69. The summed E-state index contributed by atoms with van der Waals surface area (Å²) in [7, 11) is 1.73. The van der Waals surface area contributed by atoms with Crippen molar-refractivity contribution in [2.75, 3.05) is 26.9 Å². The lowest BCUT2D eigenvalue weighted by Crippen LogP contribution is -2.50. The molecule has 7 heteroatoms. The molecule has 0 amide bonds. The lowest BCUT2D eigenvalue weighted by molar-refractivity contribution is 0.0524. The second kappa shape index (κ2) is 9.30. The number of halogens is 1. The minimum Gasteiger partial charge on any atom is -0.379 e. The fourth-order valence-corrected chi connectivity index (χ4v) is 4.36. The van der Waals surface area contributed by atoms with Gasteiger partial charge in [-0.1, -0.05) is 6.42 Å². The number of hydrogen-bond donors (Lipinski definition) is 2. The summed E-state index contributed by atoms with van der Waals surface area (Å²) in [5, 5.41) is 10.5. The van der Waals surface area contributed by atoms with Crippen molar-refractivity contribution in [2.45, 2.75) is 50.9 Å². The van der Waals surface area contributed by atoms with Gasteiger partial charge in [-0.15, -0.1) is 23.7 Å². The average molecular weight is 362 g/mol. The molecule has 1 saturated carbocycles. The summed E-state index contributed by atoms with van der Waals surface area (Å²) in [5.41, 5.74) is 1.13. The first-order chi connectivity index (χ1) is 10.8. The molecule has 132 valence electrons. The van der Waals surface area contributed by atoms with E-state index < -0.39 is 0 Å². The standard InChI is InChI=1S/C16H27N3O2S.ClH/c1-11(20-2)16-19-12(10-22-16)8-18-14-5-3-4-13(14)15-9-21-7-6-17-15;/h10-11,13-15,17-18H,3-9H2,1-2H3;1H. The van der Waals surface area contributed by atoms with Crippen LogP contribution in [0.5, 0.6) is 0 Å². The Morgan fingerprint density at radius 2 is 2.39 bits per heavy atom. The van der Waals surface area contributed by atoms with Crippen LogP contribution in [0.3, 0.4) is 0 Å². The van der Waals surface area contributed by atoms with E-state index in [4.69, 9.17) is 9.47 Å². The van der Waals surface area contributed by atoms with Gasteiger partial charge in [-0.2, -0.15) is 0 Å². The molecule has 0 radical (unpaired) electrons. The molecular formula is C16H28ClN3O2S. The molecular weight excluding hydrogens is 334 g/mol. The van der Waals surface area contributed by atoms with Crippen molar-refractivity contribution in [1.82, 2.24) is 15.6 Å². The molecule has 2 heterocycles. The van der Waals surface area contributed by atoms with Gasteiger partial charge in [0.15, 0.2) is 0 Å². The van der Waals surface area contributed by atoms with E-state index in [0.29, 0.717) is 18.0 Å². The Balaban J connectivity index is 0.00000192. The van der Waals surface area contributed by atoms with Gasteiger partial charge in [0.25, 0.3) is 0 Å². The SMILES string of the molecule is COC(C)c1nc(CNC2CCCC2C2COCCN2)cs1.Cl. The van der Waals surface area contributed by atoms with Gasteiger partial charge in [0.05, 0.1) is 18.9 Å². The minimum absolute atomic E-state index is 0. The number of nitrogens with zero attached hydrogens (tertiary/aromatic N) is 1. The highest BCUT2D eigenvalue weighted by Gasteiger charge is 2.34. The van der Waals surface area contributed by atoms with Crippen LogP contribution in [0.1, 0.15) is 43.0 Å². The molecule has 23 heavy (non-hydrogen) atoms. The van der Waals surface area contributed by atoms with Crippen LogP contribution in [0.4, 0.5) is 0 Å². The first kappa shape index (κ1) is 19.1. The monoisotopic (exact) mass is 361 g/mol. The summed E-state index contributed by atoms with van der Waals surface area (Å²) in [6.07, 6.45) is 3.95. The molecule has 1 aromatic heterocycles. The summed E-state index contributed by atoms with van der Waals surface area (Å²) in [6, 6.07) is 1.08. The van der Waals surface area contributed by atoms with Crippen LogP contribution in [0.15, 0.2) is 5.38 Å². The van der Waals surface area contributed by atoms with E-state index in [9.17, 15) is 0 Å². The maximum absolute atomic E-state index is 5.63. The zero-order valence-corrected chi connectivity index (χ0v) is 15.5. The van der Waals surface area contributed by atoms with Gasteiger partial charge in [0, 0.05) is 37.7 Å². The van der Waals surface area contributed by atoms with Crippen molar-refractivity contribution in [2.24, 2.45) is 5.92 Å². The van der Waals surface area contributed by atoms with Gasteiger partial charge in [-0.3, -0.25) is 0 Å². The molecule has 4 atom stereocenters. The van der Waals surface area contributed by atoms with Gasteiger partial charge < -0.3 is 20.1 Å². The molecule has 4 unspecified atom stereocenters. The van der Waals surface area contributed by atoms with E-state index in [1.807, 2.05) is 6.92 Å². The average Bonchev–Trinajstić information content (AvgIpc) is 3.22. The van der Waals surface area contributed by atoms with Crippen molar-refractivity contribution in [1.29, 1.82) is 0 Å². The van der Waals surface area contributed by atoms with E-state index >= 15 is 0 Å². The Labute approximate surface area is 149 Å². The number of nitrogens with one attached hydrogen (secondary N) is 2. The van der Waals surface area contributed by atoms with E-state index in [0.717, 1.165) is 37.0 Å². The van der Waals surface area contributed by atoms with Crippen molar-refractivity contribution in [3.63, 3.8) is 0 Å². The van der Waals surface area contributed by atoms with Crippen LogP contribution in [0, 0.1) is 5.92 Å². The number of ether oxygens (including phenoxy) is 2. The quantitative estimate of drug-likeness (QED) is 0.815. The Morgan fingerprint density at radius 3 is 3.13 bits per heavy atom. The molecule has 1 saturated heterocycles. The van der Waals surface area contributed by atoms with Crippen molar-refractivity contribution in [3.05, 3.63) is 16.1 Å². The van der Waals surface area contributed by atoms with E-state index in [1.54, 1.807) is 18.4 Å². The van der Waals surface area contributed by atoms with Gasteiger partial charge in [-0.25, -0.2) is 4.98 Å². The maximum Gasteiger partial charge on any atom is 0.122 e. The number of hydrogen-bond acceptors (Lipinski definition) is 6. The Kier molecular flexibility index (Phi) is 7.72. The predicted octanol–water partition coefficient (Wildman–Crippen LogP) is 2.52. The Bertz CT molecular complexity index is 468. The topological polar surface area (TPSA) is 55.4 Å². The van der Waals surface area contributed by atoms with Gasteiger partial charge in [0.1, 0.15) is 11.1 Å². The highest BCUT2D eigenvalue weighted by atomic mass is 35.5. The smallest absolute Gasteiger partial charge is 0.122 e. The molecule has 5 nitrogen and oxygen atoms in total. The summed E-state index contributed by atoms with van der Waals surface area (Å²) < 4.78 is 11.0. The molecule has 0 spiro atoms. The molecule has 1 aliphatic heterocycles. The van der Waals surface area contributed by atoms with Crippen molar-refractivity contribution >= 4 is 23.7 Å². The van der Waals surface area contributed by atoms with Crippen LogP contribution in [-0.4, -0.2) is 43.9 Å². The lowest BCUT2D eigenvalue weighted by Gasteiger charge is -2.32. The molecule has 2 aliphatic rings. The third-order valence-electron chi connectivity index (χ3n) is 4.85. The second-order valence-electron chi connectivity index (χ2n) is 6.27. The van der Waals surface area contributed by atoms with Crippen molar-refractivity contribution in [3.8, 4) is 0 Å². The third kappa shape index (κ3) is 4.87. The molecule has 3 rings (SSSR count). The van der Waals surface area contributed by atoms with Crippen LogP contribution < -0.4 is 10.6 Å². The number of methoxy groups -OCH3 is 1. The minimum atomic E-state index is 0. The van der Waals surface area contributed by atoms with Crippen LogP contribution >= 0.6 is 23.7 Å². The molecule has 2 N–H and O–H groups in total. The number of thiazole rings is 1. The Morgan fingerprint density at radius 1 is 1.52 bits per heavy atom. The van der Waals surface area contributed by atoms with Gasteiger partial charge in [0.2, 0.25) is 0 Å². The normalized spacial score (nSPS) is 29.2. The second-order valence-corrected chi connectivity index (χ2v) is 7.16. The zero-order valence-electron chi connectivity index (χ0n) is 13.9. The van der Waals surface area contributed by atoms with Crippen molar-refractivity contribution < 1.29 is 9.47 Å². The molecule has 1 aromatic rings. The van der Waals surface area contributed by atoms with E-state index in [-0.39, 0.29) is 18.5 Å². The first-order valence-electron chi connectivity index (χ1n) is 8.29. The Hall–Kier alpha value is -0.240. The summed E-state index contributed by atoms with van der Waals surface area (Å²) in [5.74, 6) is 0.677. The van der Waals surface area contributed by atoms with Gasteiger partial charge >= 0.3 is 0 Å². The first-order valence-corrected chi connectivity index (χ1v) is 9.17. The lowest BCUT2D eigenvalue weighted by atomic mass is 9.94. The highest BCUT2D eigenvalue weighted by molar-refractivity contribution is 7.09. The van der Waals surface area contributed by atoms with Gasteiger partial charge in [-0.05, 0) is 25.7 Å². The summed E-state index contributed by atoms with van der Waals surface area (Å²) in [4.78, 5) is 4.67. The number of rotatable bonds is 6. The molecule has 2 fully saturated rings. The number of aromatic nitrogens is 1. The highest BCUT2D eigenvalue weighted by Crippen LogP contribution is 2.30. The van der Waals surface area contributed by atoms with Crippen LogP contribution in [0.2, 0.25) is 0 Å². The van der Waals surface area contributed by atoms with E-state index in [1.165, 1.54) is 19.3 Å². The fourth-order valence-electron chi connectivity index (χ4n) is 3.51. The van der Waals surface area contributed by atoms with Crippen LogP contribution in [0.25, 0.3) is 0 Å². The fraction of sp³-hybridized carbons (Fsp3) is 0.812. The van der Waals surface area contributed by atoms with Crippen LogP contribution in [-0.2, 0) is 16.0 Å². The maximum atomic E-state index is 5.63. The summed E-state index contributed by atoms with van der Waals surface area (Å²) in [6.45, 7) is 5.58. The predicted molar refractivity (Wildman–Crippen MR) is 95.4 cm³/mol. The molecule has 0 bridgehead atoms. The largest absolute Gasteiger partial charge is 0.379 e. The third-order valence-corrected chi connectivity index (χ3v) is 5.91. The van der Waals surface area contributed by atoms with E-state index in [2.05, 4.69) is 21.0 Å². The number of morpholine rings is 1. The zero-order chi connectivity index (χ0) is 15.4.